The molecule has 0 amide bonds. The van der Waals surface area contributed by atoms with Crippen LogP contribution in [0.4, 0.5) is 0 Å². The first kappa shape index (κ1) is 44.2. The van der Waals surface area contributed by atoms with Crippen LogP contribution >= 0.6 is 0 Å². The number of rotatable bonds is 3. The number of aryl methyl sites for hydroxylation is 2. The summed E-state index contributed by atoms with van der Waals surface area (Å²) < 4.78 is 0. The van der Waals surface area contributed by atoms with Gasteiger partial charge in [0.2, 0.25) is 0 Å². The van der Waals surface area contributed by atoms with E-state index in [1.165, 1.54) is 98.2 Å². The van der Waals surface area contributed by atoms with Crippen LogP contribution in [0.15, 0.2) is 103 Å². The summed E-state index contributed by atoms with van der Waals surface area (Å²) in [5.74, 6) is 0.775. The van der Waals surface area contributed by atoms with E-state index >= 15 is 0 Å². The van der Waals surface area contributed by atoms with E-state index in [0.29, 0.717) is 0 Å². The van der Waals surface area contributed by atoms with Crippen LogP contribution < -0.4 is 24.8 Å². The fourth-order valence-electron chi connectivity index (χ4n) is 7.32. The summed E-state index contributed by atoms with van der Waals surface area (Å²) in [6.45, 7) is 22.6. The summed E-state index contributed by atoms with van der Waals surface area (Å²) in [6, 6.07) is 39.0. The summed E-state index contributed by atoms with van der Waals surface area (Å²) in [5.41, 5.74) is 13.0. The van der Waals surface area contributed by atoms with Crippen LogP contribution in [-0.4, -0.2) is 5.43 Å². The van der Waals surface area contributed by atoms with Crippen molar-refractivity contribution in [3.8, 4) is 22.3 Å². The van der Waals surface area contributed by atoms with E-state index < -0.39 is 0 Å². The van der Waals surface area contributed by atoms with Gasteiger partial charge < -0.3 is 24.8 Å². The molecule has 52 heavy (non-hydrogen) atoms. The van der Waals surface area contributed by atoms with Crippen LogP contribution in [0.5, 0.6) is 0 Å². The SMILES string of the molecule is CC(C)(C)c1ccc(-c2cccc3[cH-]c(C4CCCCC4)cc23)cc1.C[Si](C)=[Zr+2].Cc1cc2c(-c3ccc(C(C)(C)C)cc3)ccc(C)c2[cH-]1.[Cl-].[Cl-]. The summed E-state index contributed by atoms with van der Waals surface area (Å²) in [7, 11) is 0. The first-order valence-electron chi connectivity index (χ1n) is 18.7. The Kier molecular flexibility index (Phi) is 16.0. The minimum atomic E-state index is 0. The minimum absolute atomic E-state index is 0. The minimum Gasteiger partial charge on any atom is -1.00 e. The smallest absolute Gasteiger partial charge is 0.0132 e. The Morgan fingerprint density at radius 3 is 1.62 bits per heavy atom. The topological polar surface area (TPSA) is 0 Å². The zero-order chi connectivity index (χ0) is 36.2. The molecule has 1 aliphatic rings. The second kappa shape index (κ2) is 18.9. The van der Waals surface area contributed by atoms with Gasteiger partial charge in [-0.25, -0.2) is 0 Å². The van der Waals surface area contributed by atoms with Crippen molar-refractivity contribution in [2.24, 2.45) is 0 Å². The first-order chi connectivity index (χ1) is 23.6. The molecule has 0 aliphatic heterocycles. The van der Waals surface area contributed by atoms with Gasteiger partial charge in [0.1, 0.15) is 0 Å². The van der Waals surface area contributed by atoms with Crippen molar-refractivity contribution in [3.05, 3.63) is 131 Å². The molecule has 0 bridgehead atoms. The molecule has 7 rings (SSSR count). The summed E-state index contributed by atoms with van der Waals surface area (Å²) in [5, 5.41) is 5.57. The number of hydrogen-bond acceptors (Lipinski definition) is 0. The molecule has 0 N–H and O–H groups in total. The van der Waals surface area contributed by atoms with Crippen molar-refractivity contribution < 1.29 is 48.1 Å². The molecule has 1 aliphatic carbocycles. The third kappa shape index (κ3) is 11.2. The van der Waals surface area contributed by atoms with Crippen LogP contribution in [0.1, 0.15) is 107 Å². The van der Waals surface area contributed by atoms with Gasteiger partial charge in [-0.2, -0.15) is 12.1 Å². The van der Waals surface area contributed by atoms with Crippen LogP contribution in [-0.2, 0) is 34.2 Å². The maximum Gasteiger partial charge on any atom is -0.0132 e. The van der Waals surface area contributed by atoms with E-state index in [1.54, 1.807) is 28.9 Å². The number of fused-ring (bicyclic) bond motifs is 2. The molecule has 0 nitrogen and oxygen atoms in total. The Morgan fingerprint density at radius 2 is 1.12 bits per heavy atom. The predicted molar refractivity (Wildman–Crippen MR) is 220 cm³/mol. The zero-order valence-electron chi connectivity index (χ0n) is 33.2. The molecule has 4 heteroatoms. The summed E-state index contributed by atoms with van der Waals surface area (Å²) in [4.78, 5) is 0. The molecule has 6 aromatic carbocycles. The Bertz CT molecular complexity index is 2040. The third-order valence-corrected chi connectivity index (χ3v) is 10.2. The summed E-state index contributed by atoms with van der Waals surface area (Å²) >= 11 is 1.74. The monoisotopic (exact) mass is 822 g/mol. The number of halogens is 2. The predicted octanol–water partition coefficient (Wildman–Crippen LogP) is 8.50. The molecule has 0 aromatic heterocycles. The molecule has 0 spiro atoms. The largest absolute Gasteiger partial charge is 1.00 e. The number of benzene rings is 4. The molecule has 1 saturated carbocycles. The van der Waals surface area contributed by atoms with Gasteiger partial charge in [0.15, 0.2) is 0 Å². The average Bonchev–Trinajstić information content (AvgIpc) is 3.69. The van der Waals surface area contributed by atoms with E-state index in [-0.39, 0.29) is 41.1 Å². The number of hydrogen-bond donors (Lipinski definition) is 0. The van der Waals surface area contributed by atoms with Gasteiger partial charge in [-0.05, 0) is 51.8 Å². The third-order valence-electron chi connectivity index (χ3n) is 10.2. The van der Waals surface area contributed by atoms with Crippen molar-refractivity contribution in [2.75, 3.05) is 0 Å². The van der Waals surface area contributed by atoms with Gasteiger partial charge in [0.25, 0.3) is 0 Å². The Labute approximate surface area is 343 Å². The van der Waals surface area contributed by atoms with Gasteiger partial charge in [-0.15, -0.1) is 68.6 Å². The van der Waals surface area contributed by atoms with E-state index in [1.807, 2.05) is 0 Å². The maximum absolute atomic E-state index is 2.47. The van der Waals surface area contributed by atoms with Crippen LogP contribution in [0, 0.1) is 13.8 Å². The molecule has 6 aromatic rings. The quantitative estimate of drug-likeness (QED) is 0.124. The molecule has 0 heterocycles. The fraction of sp³-hybridized carbons (Fsp3) is 0.375. The van der Waals surface area contributed by atoms with E-state index in [4.69, 9.17) is 0 Å². The van der Waals surface area contributed by atoms with Gasteiger partial charge in [0.05, 0.1) is 0 Å². The van der Waals surface area contributed by atoms with Gasteiger partial charge in [-0.3, -0.25) is 0 Å². The molecule has 0 atom stereocenters. The van der Waals surface area contributed by atoms with E-state index in [9.17, 15) is 0 Å². The van der Waals surface area contributed by atoms with Gasteiger partial charge >= 0.3 is 41.9 Å². The normalized spacial score (nSPS) is 13.3. The van der Waals surface area contributed by atoms with Crippen molar-refractivity contribution in [3.63, 3.8) is 0 Å². The van der Waals surface area contributed by atoms with Gasteiger partial charge in [0, 0.05) is 0 Å². The second-order valence-corrected chi connectivity index (χ2v) is 26.3. The Balaban J connectivity index is 0.000000249. The zero-order valence-corrected chi connectivity index (χ0v) is 38.2. The second-order valence-electron chi connectivity index (χ2n) is 16.9. The standard InChI is InChI=1S/C25H29.C21H23.C2H6Si.2ClH.Zr/c1-25(2,3)22-14-12-19(13-15-22)23-11-7-10-20-16-21(17-24(20)23)18-8-5-4-6-9-18;1-14-12-19-15(2)6-11-18(20(19)13-14)16-7-9-17(10-8-16)21(3,4)5;1-3-2;;;/h7,10-18H,4-6,8-9H2,1-3H3;6-13H,1-5H3;1-2H3;2*1H;/q2*-1;;;;+2/p-2. The molecular weight excluding hydrogens is 767 g/mol. The van der Waals surface area contributed by atoms with Crippen molar-refractivity contribution in [1.82, 2.24) is 0 Å². The van der Waals surface area contributed by atoms with Crippen LogP contribution in [0.2, 0.25) is 13.1 Å². The molecule has 0 saturated heterocycles. The average molecular weight is 825 g/mol. The molecule has 1 fully saturated rings. The van der Waals surface area contributed by atoms with E-state index in [0.717, 1.165) is 5.92 Å². The Morgan fingerprint density at radius 1 is 0.615 bits per heavy atom. The van der Waals surface area contributed by atoms with Crippen molar-refractivity contribution in [2.45, 2.75) is 117 Å². The molecule has 0 radical (unpaired) electrons. The van der Waals surface area contributed by atoms with Crippen LogP contribution in [0.25, 0.3) is 43.8 Å². The van der Waals surface area contributed by atoms with Crippen LogP contribution in [0.3, 0.4) is 0 Å². The Hall–Kier alpha value is -2.22. The van der Waals surface area contributed by atoms with Crippen molar-refractivity contribution in [1.29, 1.82) is 0 Å². The molecular formula is C48H58Cl2SiZr-2. The maximum atomic E-state index is 2.47. The van der Waals surface area contributed by atoms with E-state index in [2.05, 4.69) is 172 Å². The first-order valence-corrected chi connectivity index (χ1v) is 24.9. The van der Waals surface area contributed by atoms with Gasteiger partial charge in [-0.1, -0.05) is 146 Å². The molecule has 274 valence electrons. The molecule has 0 unspecified atom stereocenters. The van der Waals surface area contributed by atoms with Crippen molar-refractivity contribution >= 4 is 27.0 Å². The fourth-order valence-corrected chi connectivity index (χ4v) is 7.32. The summed E-state index contributed by atoms with van der Waals surface area (Å²) in [6.07, 6.45) is 6.95.